The van der Waals surface area contributed by atoms with Crippen molar-refractivity contribution in [3.63, 3.8) is 0 Å². The molecule has 19 heavy (non-hydrogen) atoms. The van der Waals surface area contributed by atoms with Crippen molar-refractivity contribution in [1.29, 1.82) is 0 Å². The lowest BCUT2D eigenvalue weighted by molar-refractivity contribution is 0.487. The summed E-state index contributed by atoms with van der Waals surface area (Å²) in [6, 6.07) is 3.39. The zero-order valence-corrected chi connectivity index (χ0v) is 11.0. The van der Waals surface area contributed by atoms with Crippen LogP contribution in [-0.4, -0.2) is 16.5 Å². The van der Waals surface area contributed by atoms with E-state index in [0.717, 1.165) is 11.9 Å². The van der Waals surface area contributed by atoms with E-state index in [-0.39, 0.29) is 5.92 Å². The SMILES string of the molecule is CC(C)C(CN)c1ncc(-c2cc(F)cc(F)c2)[nH]1. The van der Waals surface area contributed by atoms with Gasteiger partial charge in [-0.15, -0.1) is 0 Å². The molecule has 5 heteroatoms. The molecule has 2 aromatic rings. The van der Waals surface area contributed by atoms with E-state index in [1.165, 1.54) is 12.1 Å². The van der Waals surface area contributed by atoms with Crippen molar-refractivity contribution in [3.05, 3.63) is 41.9 Å². The van der Waals surface area contributed by atoms with E-state index in [1.807, 2.05) is 0 Å². The van der Waals surface area contributed by atoms with E-state index >= 15 is 0 Å². The third kappa shape index (κ3) is 2.98. The van der Waals surface area contributed by atoms with Gasteiger partial charge in [0.1, 0.15) is 17.5 Å². The molecule has 0 saturated carbocycles. The van der Waals surface area contributed by atoms with E-state index < -0.39 is 11.6 Å². The summed E-state index contributed by atoms with van der Waals surface area (Å²) in [7, 11) is 0. The van der Waals surface area contributed by atoms with Crippen LogP contribution in [0, 0.1) is 17.6 Å². The quantitative estimate of drug-likeness (QED) is 0.892. The molecular weight excluding hydrogens is 248 g/mol. The number of aromatic nitrogens is 2. The number of hydrogen-bond acceptors (Lipinski definition) is 2. The molecule has 1 aromatic heterocycles. The lowest BCUT2D eigenvalue weighted by Gasteiger charge is -2.15. The number of aromatic amines is 1. The molecule has 0 aliphatic carbocycles. The van der Waals surface area contributed by atoms with Crippen LogP contribution in [0.25, 0.3) is 11.3 Å². The molecule has 0 spiro atoms. The second kappa shape index (κ2) is 5.48. The minimum Gasteiger partial charge on any atom is -0.342 e. The second-order valence-electron chi connectivity index (χ2n) is 4.93. The van der Waals surface area contributed by atoms with Crippen LogP contribution < -0.4 is 5.73 Å². The van der Waals surface area contributed by atoms with Crippen molar-refractivity contribution in [1.82, 2.24) is 9.97 Å². The van der Waals surface area contributed by atoms with Gasteiger partial charge in [-0.1, -0.05) is 13.8 Å². The number of nitrogens with one attached hydrogen (secondary N) is 1. The van der Waals surface area contributed by atoms with Crippen molar-refractivity contribution in [2.24, 2.45) is 11.7 Å². The first-order valence-electron chi connectivity index (χ1n) is 6.22. The number of rotatable bonds is 4. The summed E-state index contributed by atoms with van der Waals surface area (Å²) in [5.41, 5.74) is 6.75. The standard InChI is InChI=1S/C14H17F2N3/c1-8(2)12(6-17)14-18-7-13(19-14)9-3-10(15)5-11(16)4-9/h3-5,7-8,12H,6,17H2,1-2H3,(H,18,19). The lowest BCUT2D eigenvalue weighted by Crippen LogP contribution is -2.19. The van der Waals surface area contributed by atoms with Crippen molar-refractivity contribution < 1.29 is 8.78 Å². The number of halogens is 2. The molecule has 3 nitrogen and oxygen atoms in total. The molecule has 102 valence electrons. The smallest absolute Gasteiger partial charge is 0.126 e. The van der Waals surface area contributed by atoms with Crippen LogP contribution in [0.2, 0.25) is 0 Å². The Morgan fingerprint density at radius 3 is 2.37 bits per heavy atom. The molecule has 0 amide bonds. The van der Waals surface area contributed by atoms with Gasteiger partial charge in [-0.25, -0.2) is 13.8 Å². The van der Waals surface area contributed by atoms with E-state index in [1.54, 1.807) is 6.20 Å². The highest BCUT2D eigenvalue weighted by Crippen LogP contribution is 2.25. The van der Waals surface area contributed by atoms with Crippen LogP contribution in [0.3, 0.4) is 0 Å². The Bertz CT molecular complexity index is 543. The molecule has 0 aliphatic heterocycles. The van der Waals surface area contributed by atoms with Crippen LogP contribution in [-0.2, 0) is 0 Å². The Morgan fingerprint density at radius 1 is 1.21 bits per heavy atom. The molecule has 0 saturated heterocycles. The van der Waals surface area contributed by atoms with Crippen LogP contribution in [0.4, 0.5) is 8.78 Å². The van der Waals surface area contributed by atoms with Gasteiger partial charge in [0.05, 0.1) is 11.9 Å². The maximum atomic E-state index is 13.2. The summed E-state index contributed by atoms with van der Waals surface area (Å²) in [6.45, 7) is 4.59. The first kappa shape index (κ1) is 13.7. The topological polar surface area (TPSA) is 54.7 Å². The Labute approximate surface area is 110 Å². The fourth-order valence-electron chi connectivity index (χ4n) is 2.08. The van der Waals surface area contributed by atoms with Crippen LogP contribution in [0.5, 0.6) is 0 Å². The van der Waals surface area contributed by atoms with Gasteiger partial charge < -0.3 is 10.7 Å². The van der Waals surface area contributed by atoms with Crippen molar-refractivity contribution in [3.8, 4) is 11.3 Å². The summed E-state index contributed by atoms with van der Waals surface area (Å²) in [6.07, 6.45) is 1.58. The number of nitrogens with two attached hydrogens (primary N) is 1. The fraction of sp³-hybridized carbons (Fsp3) is 0.357. The zero-order valence-electron chi connectivity index (χ0n) is 11.0. The predicted molar refractivity (Wildman–Crippen MR) is 70.6 cm³/mol. The number of nitrogens with zero attached hydrogens (tertiary/aromatic N) is 1. The van der Waals surface area contributed by atoms with E-state index in [9.17, 15) is 8.78 Å². The number of hydrogen-bond donors (Lipinski definition) is 2. The molecular formula is C14H17F2N3. The summed E-state index contributed by atoms with van der Waals surface area (Å²) >= 11 is 0. The minimum absolute atomic E-state index is 0.104. The van der Waals surface area contributed by atoms with Crippen molar-refractivity contribution in [2.45, 2.75) is 19.8 Å². The number of benzene rings is 1. The van der Waals surface area contributed by atoms with E-state index in [4.69, 9.17) is 5.73 Å². The van der Waals surface area contributed by atoms with E-state index in [2.05, 4.69) is 23.8 Å². The zero-order chi connectivity index (χ0) is 14.0. The summed E-state index contributed by atoms with van der Waals surface area (Å²) < 4.78 is 26.4. The van der Waals surface area contributed by atoms with Gasteiger partial charge in [0.2, 0.25) is 0 Å². The second-order valence-corrected chi connectivity index (χ2v) is 4.93. The van der Waals surface area contributed by atoms with E-state index in [0.29, 0.717) is 23.7 Å². The maximum absolute atomic E-state index is 13.2. The third-order valence-electron chi connectivity index (χ3n) is 3.18. The lowest BCUT2D eigenvalue weighted by atomic mass is 9.95. The summed E-state index contributed by atoms with van der Waals surface area (Å²) in [5.74, 6) is -0.0201. The average molecular weight is 265 g/mol. The molecule has 2 rings (SSSR count). The summed E-state index contributed by atoms with van der Waals surface area (Å²) in [4.78, 5) is 7.36. The third-order valence-corrected chi connectivity index (χ3v) is 3.18. The molecule has 0 bridgehead atoms. The molecule has 1 unspecified atom stereocenters. The molecule has 0 radical (unpaired) electrons. The van der Waals surface area contributed by atoms with Gasteiger partial charge in [0, 0.05) is 24.1 Å². The van der Waals surface area contributed by atoms with Crippen LogP contribution in [0.15, 0.2) is 24.4 Å². The van der Waals surface area contributed by atoms with Crippen molar-refractivity contribution in [2.75, 3.05) is 6.54 Å². The first-order valence-corrected chi connectivity index (χ1v) is 6.22. The molecule has 1 aromatic carbocycles. The normalized spacial score (nSPS) is 12.9. The maximum Gasteiger partial charge on any atom is 0.126 e. The number of imidazole rings is 1. The van der Waals surface area contributed by atoms with Gasteiger partial charge in [0.25, 0.3) is 0 Å². The Kier molecular flexibility index (Phi) is 3.95. The van der Waals surface area contributed by atoms with Gasteiger partial charge in [-0.2, -0.15) is 0 Å². The molecule has 0 aliphatic rings. The predicted octanol–water partition coefficient (Wildman–Crippen LogP) is 3.05. The first-order chi connectivity index (χ1) is 9.01. The van der Waals surface area contributed by atoms with Crippen LogP contribution in [0.1, 0.15) is 25.6 Å². The highest BCUT2D eigenvalue weighted by molar-refractivity contribution is 5.58. The van der Waals surface area contributed by atoms with Gasteiger partial charge in [-0.05, 0) is 18.1 Å². The number of H-pyrrole nitrogens is 1. The fourth-order valence-corrected chi connectivity index (χ4v) is 2.08. The monoisotopic (exact) mass is 265 g/mol. The van der Waals surface area contributed by atoms with Gasteiger partial charge >= 0.3 is 0 Å². The molecule has 1 heterocycles. The Balaban J connectivity index is 2.35. The average Bonchev–Trinajstić information content (AvgIpc) is 2.77. The largest absolute Gasteiger partial charge is 0.342 e. The van der Waals surface area contributed by atoms with Crippen molar-refractivity contribution >= 4 is 0 Å². The summed E-state index contributed by atoms with van der Waals surface area (Å²) in [5, 5.41) is 0. The van der Waals surface area contributed by atoms with Crippen LogP contribution >= 0.6 is 0 Å². The van der Waals surface area contributed by atoms with Gasteiger partial charge in [-0.3, -0.25) is 0 Å². The Morgan fingerprint density at radius 2 is 1.84 bits per heavy atom. The molecule has 0 fully saturated rings. The minimum atomic E-state index is -0.606. The molecule has 1 atom stereocenters. The highest BCUT2D eigenvalue weighted by atomic mass is 19.1. The molecule has 3 N–H and O–H groups in total. The highest BCUT2D eigenvalue weighted by Gasteiger charge is 2.18. The van der Waals surface area contributed by atoms with Gasteiger partial charge in [0.15, 0.2) is 0 Å². The Hall–Kier alpha value is -1.75.